The Morgan fingerprint density at radius 2 is 1.94 bits per heavy atom. The predicted octanol–water partition coefficient (Wildman–Crippen LogP) is 4.42. The van der Waals surface area contributed by atoms with Crippen molar-refractivity contribution in [3.8, 4) is 5.69 Å². The predicted molar refractivity (Wildman–Crippen MR) is 75.6 cm³/mol. The van der Waals surface area contributed by atoms with Crippen LogP contribution in [-0.4, -0.2) is 9.55 Å². The molecule has 0 aliphatic rings. The third-order valence-corrected chi connectivity index (χ3v) is 3.43. The summed E-state index contributed by atoms with van der Waals surface area (Å²) in [6.45, 7) is 0. The second-order valence-electron chi connectivity index (χ2n) is 4.01. The molecular formula is C14H10Cl2N2. The molecule has 18 heavy (non-hydrogen) atoms. The fourth-order valence-corrected chi connectivity index (χ4v) is 2.42. The van der Waals surface area contributed by atoms with Crippen molar-refractivity contribution in [2.24, 2.45) is 0 Å². The standard InChI is InChI=1S/C14H10Cl2N2/c15-8-10-5-6-11(16)7-14(10)18-9-17-12-3-1-2-4-13(12)18/h1-7,9H,8H2. The summed E-state index contributed by atoms with van der Waals surface area (Å²) in [4.78, 5) is 4.38. The van der Waals surface area contributed by atoms with Crippen molar-refractivity contribution in [1.82, 2.24) is 9.55 Å². The van der Waals surface area contributed by atoms with E-state index in [4.69, 9.17) is 23.2 Å². The summed E-state index contributed by atoms with van der Waals surface area (Å²) < 4.78 is 2.01. The van der Waals surface area contributed by atoms with Crippen LogP contribution in [0.3, 0.4) is 0 Å². The van der Waals surface area contributed by atoms with Gasteiger partial charge in [-0.15, -0.1) is 11.6 Å². The number of rotatable bonds is 2. The summed E-state index contributed by atoms with van der Waals surface area (Å²) in [5, 5.41) is 0.691. The minimum Gasteiger partial charge on any atom is -0.298 e. The lowest BCUT2D eigenvalue weighted by molar-refractivity contribution is 1.07. The van der Waals surface area contributed by atoms with E-state index in [-0.39, 0.29) is 0 Å². The first-order valence-electron chi connectivity index (χ1n) is 5.56. The molecule has 0 bridgehead atoms. The summed E-state index contributed by atoms with van der Waals surface area (Å²) in [6.07, 6.45) is 1.80. The second kappa shape index (κ2) is 4.63. The Balaban J connectivity index is 2.29. The molecule has 0 saturated carbocycles. The number of fused-ring (bicyclic) bond motifs is 1. The molecule has 0 N–H and O–H groups in total. The molecule has 0 saturated heterocycles. The lowest BCUT2D eigenvalue weighted by Gasteiger charge is -2.09. The molecule has 0 aliphatic heterocycles. The zero-order valence-electron chi connectivity index (χ0n) is 9.48. The number of hydrogen-bond donors (Lipinski definition) is 0. The fourth-order valence-electron chi connectivity index (χ4n) is 2.03. The first-order valence-corrected chi connectivity index (χ1v) is 6.47. The van der Waals surface area contributed by atoms with E-state index in [9.17, 15) is 0 Å². The molecule has 3 rings (SSSR count). The SMILES string of the molecule is ClCc1ccc(Cl)cc1-n1cnc2ccccc21. The van der Waals surface area contributed by atoms with E-state index >= 15 is 0 Å². The first-order chi connectivity index (χ1) is 8.79. The maximum Gasteiger partial charge on any atom is 0.100 e. The molecule has 0 spiro atoms. The quantitative estimate of drug-likeness (QED) is 0.634. The molecule has 0 amide bonds. The number of nitrogens with zero attached hydrogens (tertiary/aromatic N) is 2. The van der Waals surface area contributed by atoms with Gasteiger partial charge in [0, 0.05) is 10.9 Å². The van der Waals surface area contributed by atoms with Gasteiger partial charge in [0.25, 0.3) is 0 Å². The lowest BCUT2D eigenvalue weighted by atomic mass is 10.2. The van der Waals surface area contributed by atoms with Gasteiger partial charge in [-0.3, -0.25) is 4.57 Å². The van der Waals surface area contributed by atoms with Crippen LogP contribution < -0.4 is 0 Å². The number of hydrogen-bond acceptors (Lipinski definition) is 1. The smallest absolute Gasteiger partial charge is 0.100 e. The van der Waals surface area contributed by atoms with E-state index in [0.29, 0.717) is 10.9 Å². The normalized spacial score (nSPS) is 11.0. The number of aromatic nitrogens is 2. The van der Waals surface area contributed by atoms with Crippen LogP contribution in [-0.2, 0) is 5.88 Å². The maximum atomic E-state index is 6.07. The van der Waals surface area contributed by atoms with E-state index in [1.807, 2.05) is 47.0 Å². The van der Waals surface area contributed by atoms with E-state index in [2.05, 4.69) is 4.98 Å². The molecule has 90 valence electrons. The highest BCUT2D eigenvalue weighted by atomic mass is 35.5. The van der Waals surface area contributed by atoms with Gasteiger partial charge in [0.1, 0.15) is 6.33 Å². The highest BCUT2D eigenvalue weighted by Crippen LogP contribution is 2.25. The molecule has 4 heteroatoms. The number of para-hydroxylation sites is 2. The van der Waals surface area contributed by atoms with Crippen molar-refractivity contribution in [2.45, 2.75) is 5.88 Å². The Bertz CT molecular complexity index is 704. The summed E-state index contributed by atoms with van der Waals surface area (Å²) in [6, 6.07) is 13.7. The molecule has 0 aliphatic carbocycles. The highest BCUT2D eigenvalue weighted by Gasteiger charge is 2.08. The first kappa shape index (κ1) is 11.6. The molecular weight excluding hydrogens is 267 g/mol. The van der Waals surface area contributed by atoms with Crippen LogP contribution in [0.2, 0.25) is 5.02 Å². The van der Waals surface area contributed by atoms with Gasteiger partial charge in [-0.25, -0.2) is 4.98 Å². The summed E-state index contributed by atoms with van der Waals surface area (Å²) in [5.74, 6) is 0.443. The number of benzene rings is 2. The molecule has 2 aromatic carbocycles. The molecule has 0 fully saturated rings. The van der Waals surface area contributed by atoms with Crippen LogP contribution in [0.15, 0.2) is 48.8 Å². The average Bonchev–Trinajstić information content (AvgIpc) is 2.82. The van der Waals surface area contributed by atoms with Crippen molar-refractivity contribution in [2.75, 3.05) is 0 Å². The van der Waals surface area contributed by atoms with Crippen LogP contribution in [0.4, 0.5) is 0 Å². The zero-order valence-corrected chi connectivity index (χ0v) is 11.0. The fraction of sp³-hybridized carbons (Fsp3) is 0.0714. The van der Waals surface area contributed by atoms with E-state index in [1.54, 1.807) is 6.33 Å². The summed E-state index contributed by atoms with van der Waals surface area (Å²) in [5.41, 5.74) is 4.01. The van der Waals surface area contributed by atoms with Gasteiger partial charge in [0.15, 0.2) is 0 Å². The second-order valence-corrected chi connectivity index (χ2v) is 4.71. The minimum atomic E-state index is 0.443. The Kier molecular flexibility index (Phi) is 2.98. The van der Waals surface area contributed by atoms with Crippen LogP contribution >= 0.6 is 23.2 Å². The number of imidazole rings is 1. The largest absolute Gasteiger partial charge is 0.298 e. The molecule has 2 nitrogen and oxygen atoms in total. The van der Waals surface area contributed by atoms with E-state index < -0.39 is 0 Å². The lowest BCUT2D eigenvalue weighted by Crippen LogP contribution is -1.96. The monoisotopic (exact) mass is 276 g/mol. The molecule has 3 aromatic rings. The van der Waals surface area contributed by atoms with E-state index in [1.165, 1.54) is 0 Å². The van der Waals surface area contributed by atoms with Gasteiger partial charge >= 0.3 is 0 Å². The topological polar surface area (TPSA) is 17.8 Å². The van der Waals surface area contributed by atoms with Crippen LogP contribution in [0.25, 0.3) is 16.7 Å². The summed E-state index contributed by atoms with van der Waals surface area (Å²) in [7, 11) is 0. The van der Waals surface area contributed by atoms with Crippen molar-refractivity contribution >= 4 is 34.2 Å². The Labute approximate surface area is 115 Å². The van der Waals surface area contributed by atoms with Gasteiger partial charge in [0.2, 0.25) is 0 Å². The van der Waals surface area contributed by atoms with Gasteiger partial charge in [-0.05, 0) is 29.8 Å². The molecule has 0 unspecified atom stereocenters. The number of alkyl halides is 1. The van der Waals surface area contributed by atoms with Crippen LogP contribution in [0.1, 0.15) is 5.56 Å². The molecule has 1 aromatic heterocycles. The third kappa shape index (κ3) is 1.88. The van der Waals surface area contributed by atoms with E-state index in [0.717, 1.165) is 22.3 Å². The van der Waals surface area contributed by atoms with Gasteiger partial charge < -0.3 is 0 Å². The zero-order chi connectivity index (χ0) is 12.5. The molecule has 0 atom stereocenters. The van der Waals surface area contributed by atoms with Crippen molar-refractivity contribution in [3.63, 3.8) is 0 Å². The maximum absolute atomic E-state index is 6.07. The minimum absolute atomic E-state index is 0.443. The van der Waals surface area contributed by atoms with Crippen molar-refractivity contribution < 1.29 is 0 Å². The number of halogens is 2. The van der Waals surface area contributed by atoms with Gasteiger partial charge in [-0.2, -0.15) is 0 Å². The molecule has 1 heterocycles. The Hall–Kier alpha value is -1.51. The van der Waals surface area contributed by atoms with Crippen molar-refractivity contribution in [3.05, 3.63) is 59.4 Å². The van der Waals surface area contributed by atoms with Crippen molar-refractivity contribution in [1.29, 1.82) is 0 Å². The average molecular weight is 277 g/mol. The van der Waals surface area contributed by atoms with Crippen LogP contribution in [0, 0.1) is 0 Å². The highest BCUT2D eigenvalue weighted by molar-refractivity contribution is 6.30. The van der Waals surface area contributed by atoms with Gasteiger partial charge in [-0.1, -0.05) is 29.8 Å². The van der Waals surface area contributed by atoms with Gasteiger partial charge in [0.05, 0.1) is 16.7 Å². The van der Waals surface area contributed by atoms with Crippen LogP contribution in [0.5, 0.6) is 0 Å². The Morgan fingerprint density at radius 1 is 1.11 bits per heavy atom. The molecule has 0 radical (unpaired) electrons. The Morgan fingerprint density at radius 3 is 2.78 bits per heavy atom. The summed E-state index contributed by atoms with van der Waals surface area (Å²) >= 11 is 12.0. The third-order valence-electron chi connectivity index (χ3n) is 2.90.